The monoisotopic (exact) mass is 401 g/mol. The fourth-order valence-electron chi connectivity index (χ4n) is 3.06. The van der Waals surface area contributed by atoms with Crippen molar-refractivity contribution in [1.29, 1.82) is 0 Å². The fourth-order valence-corrected chi connectivity index (χ4v) is 5.12. The molecule has 6 nitrogen and oxygen atoms in total. The maximum atomic E-state index is 12.5. The molecule has 1 saturated heterocycles. The highest BCUT2D eigenvalue weighted by atomic mass is 32.2. The highest BCUT2D eigenvalue weighted by Crippen LogP contribution is 2.39. The lowest BCUT2D eigenvalue weighted by Gasteiger charge is -2.25. The molecule has 140 valence electrons. The van der Waals surface area contributed by atoms with Crippen molar-refractivity contribution >= 4 is 43.5 Å². The Balaban J connectivity index is 1.66. The molecule has 27 heavy (non-hydrogen) atoms. The summed E-state index contributed by atoms with van der Waals surface area (Å²) >= 11 is 1.43. The summed E-state index contributed by atoms with van der Waals surface area (Å²) in [5.74, 6) is 1.73. The Morgan fingerprint density at radius 3 is 2.63 bits per heavy atom. The predicted octanol–water partition coefficient (Wildman–Crippen LogP) is 3.57. The van der Waals surface area contributed by atoms with E-state index in [9.17, 15) is 9.00 Å². The highest BCUT2D eigenvalue weighted by molar-refractivity contribution is 7.85. The van der Waals surface area contributed by atoms with E-state index >= 15 is 0 Å². The molecule has 0 radical (unpaired) electrons. The van der Waals surface area contributed by atoms with Crippen molar-refractivity contribution in [3.05, 3.63) is 42.5 Å². The van der Waals surface area contributed by atoms with Crippen LogP contribution in [0.1, 0.15) is 0 Å². The van der Waals surface area contributed by atoms with Crippen LogP contribution in [-0.4, -0.2) is 51.8 Å². The number of rotatable bonds is 3. The van der Waals surface area contributed by atoms with Crippen LogP contribution < -0.4 is 10.1 Å². The first kappa shape index (κ1) is 17.9. The van der Waals surface area contributed by atoms with Gasteiger partial charge in [0.2, 0.25) is 0 Å². The molecule has 1 aliphatic heterocycles. The number of thiazole rings is 1. The minimum absolute atomic E-state index is 0.203. The standard InChI is InChI=1S/C19H19N3O3S2/c1-25-15-8-7-14(13-5-3-2-4-6-13)17-16(15)20-18(26-17)21-19(23)22-9-11-27(24)12-10-22/h2-8H,9-12H2,1H3,(H,20,21,23). The Morgan fingerprint density at radius 2 is 1.93 bits per heavy atom. The largest absolute Gasteiger partial charge is 0.494 e. The lowest BCUT2D eigenvalue weighted by atomic mass is 10.1. The van der Waals surface area contributed by atoms with Crippen molar-refractivity contribution < 1.29 is 13.7 Å². The number of anilines is 1. The smallest absolute Gasteiger partial charge is 0.323 e. The number of hydrogen-bond donors (Lipinski definition) is 1. The van der Waals surface area contributed by atoms with Crippen LogP contribution in [0.2, 0.25) is 0 Å². The summed E-state index contributed by atoms with van der Waals surface area (Å²) in [6.07, 6.45) is 0. The van der Waals surface area contributed by atoms with Crippen LogP contribution in [0.5, 0.6) is 5.75 Å². The van der Waals surface area contributed by atoms with E-state index in [0.717, 1.165) is 21.3 Å². The number of carbonyl (C=O) groups is 1. The van der Waals surface area contributed by atoms with Gasteiger partial charge in [-0.15, -0.1) is 0 Å². The van der Waals surface area contributed by atoms with Gasteiger partial charge in [-0.25, -0.2) is 9.78 Å². The third-order valence-electron chi connectivity index (χ3n) is 4.49. The molecule has 4 rings (SSSR count). The Morgan fingerprint density at radius 1 is 1.19 bits per heavy atom. The summed E-state index contributed by atoms with van der Waals surface area (Å²) in [5.41, 5.74) is 2.88. The van der Waals surface area contributed by atoms with Gasteiger partial charge >= 0.3 is 6.03 Å². The van der Waals surface area contributed by atoms with Gasteiger partial charge in [-0.1, -0.05) is 41.7 Å². The van der Waals surface area contributed by atoms with Gasteiger partial charge in [0.05, 0.1) is 11.8 Å². The number of nitrogens with zero attached hydrogens (tertiary/aromatic N) is 2. The Bertz CT molecular complexity index is 994. The van der Waals surface area contributed by atoms with Gasteiger partial charge < -0.3 is 9.64 Å². The third kappa shape index (κ3) is 3.68. The average Bonchev–Trinajstić information content (AvgIpc) is 3.11. The van der Waals surface area contributed by atoms with Crippen molar-refractivity contribution in [2.24, 2.45) is 0 Å². The average molecular weight is 402 g/mol. The van der Waals surface area contributed by atoms with Crippen molar-refractivity contribution in [3.63, 3.8) is 0 Å². The molecule has 0 saturated carbocycles. The number of aromatic nitrogens is 1. The molecular weight excluding hydrogens is 382 g/mol. The molecule has 1 N–H and O–H groups in total. The maximum absolute atomic E-state index is 12.5. The second-order valence-electron chi connectivity index (χ2n) is 6.14. The number of hydrogen-bond acceptors (Lipinski definition) is 5. The number of carbonyl (C=O) groups excluding carboxylic acids is 1. The summed E-state index contributed by atoms with van der Waals surface area (Å²) in [4.78, 5) is 18.8. The first-order chi connectivity index (χ1) is 13.2. The van der Waals surface area contributed by atoms with E-state index in [2.05, 4.69) is 10.3 Å². The summed E-state index contributed by atoms with van der Waals surface area (Å²) in [6, 6.07) is 13.8. The topological polar surface area (TPSA) is 71.5 Å². The molecule has 0 unspecified atom stereocenters. The van der Waals surface area contributed by atoms with Crippen molar-refractivity contribution in [3.8, 4) is 16.9 Å². The summed E-state index contributed by atoms with van der Waals surface area (Å²) in [7, 11) is 0.797. The van der Waals surface area contributed by atoms with Crippen molar-refractivity contribution in [2.75, 3.05) is 37.0 Å². The first-order valence-electron chi connectivity index (χ1n) is 8.59. The van der Waals surface area contributed by atoms with Crippen LogP contribution in [0.15, 0.2) is 42.5 Å². The quantitative estimate of drug-likeness (QED) is 0.728. The fraction of sp³-hybridized carbons (Fsp3) is 0.263. The van der Waals surface area contributed by atoms with Crippen LogP contribution in [0.3, 0.4) is 0 Å². The van der Waals surface area contributed by atoms with Crippen molar-refractivity contribution in [2.45, 2.75) is 0 Å². The first-order valence-corrected chi connectivity index (χ1v) is 10.9. The Hall–Kier alpha value is -2.45. The van der Waals surface area contributed by atoms with Crippen molar-refractivity contribution in [1.82, 2.24) is 9.88 Å². The van der Waals surface area contributed by atoms with Gasteiger partial charge in [-0.05, 0) is 17.7 Å². The third-order valence-corrected chi connectivity index (χ3v) is 6.77. The predicted molar refractivity (Wildman–Crippen MR) is 110 cm³/mol. The van der Waals surface area contributed by atoms with Gasteiger partial charge in [-0.3, -0.25) is 9.53 Å². The summed E-state index contributed by atoms with van der Waals surface area (Å²) in [5, 5.41) is 3.42. The lowest BCUT2D eigenvalue weighted by molar-refractivity contribution is 0.216. The number of ether oxygens (including phenoxy) is 1. The van der Waals surface area contributed by atoms with Crippen LogP contribution in [0.25, 0.3) is 21.3 Å². The van der Waals surface area contributed by atoms with Gasteiger partial charge in [0, 0.05) is 41.0 Å². The van der Waals surface area contributed by atoms with Crippen LogP contribution in [0, 0.1) is 0 Å². The molecule has 2 heterocycles. The molecular formula is C19H19N3O3S2. The summed E-state index contributed by atoms with van der Waals surface area (Å²) in [6.45, 7) is 1.00. The van der Waals surface area contributed by atoms with Crippen LogP contribution in [-0.2, 0) is 10.8 Å². The molecule has 0 bridgehead atoms. The molecule has 3 aromatic rings. The molecule has 2 amide bonds. The second kappa shape index (κ2) is 7.66. The van der Waals surface area contributed by atoms with Crippen LogP contribution >= 0.6 is 11.3 Å². The molecule has 0 aliphatic carbocycles. The second-order valence-corrected chi connectivity index (χ2v) is 8.84. The lowest BCUT2D eigenvalue weighted by Crippen LogP contribution is -2.43. The van der Waals surface area contributed by atoms with E-state index < -0.39 is 10.8 Å². The summed E-state index contributed by atoms with van der Waals surface area (Å²) < 4.78 is 17.9. The molecule has 0 atom stereocenters. The number of benzene rings is 2. The van der Waals surface area contributed by atoms with Gasteiger partial charge in [0.25, 0.3) is 0 Å². The van der Waals surface area contributed by atoms with E-state index in [0.29, 0.717) is 35.5 Å². The number of amides is 2. The normalized spacial score (nSPS) is 15.1. The van der Waals surface area contributed by atoms with E-state index in [4.69, 9.17) is 4.74 Å². The number of urea groups is 1. The minimum Gasteiger partial charge on any atom is -0.494 e. The Labute approximate surface area is 163 Å². The van der Waals surface area contributed by atoms with E-state index in [1.807, 2.05) is 42.5 Å². The Kier molecular flexibility index (Phi) is 5.09. The number of nitrogens with one attached hydrogen (secondary N) is 1. The van der Waals surface area contributed by atoms with E-state index in [-0.39, 0.29) is 6.03 Å². The maximum Gasteiger partial charge on any atom is 0.323 e. The van der Waals surface area contributed by atoms with Gasteiger partial charge in [0.1, 0.15) is 11.3 Å². The molecule has 8 heteroatoms. The number of methoxy groups -OCH3 is 1. The van der Waals surface area contributed by atoms with Gasteiger partial charge in [-0.2, -0.15) is 0 Å². The van der Waals surface area contributed by atoms with E-state index in [1.54, 1.807) is 12.0 Å². The highest BCUT2D eigenvalue weighted by Gasteiger charge is 2.22. The SMILES string of the molecule is COc1ccc(-c2ccccc2)c2sc(NC(=O)N3CCS(=O)CC3)nc12. The molecule has 1 fully saturated rings. The molecule has 2 aromatic carbocycles. The molecule has 1 aromatic heterocycles. The molecule has 0 spiro atoms. The minimum atomic E-state index is -0.816. The zero-order valence-corrected chi connectivity index (χ0v) is 16.4. The van der Waals surface area contributed by atoms with E-state index in [1.165, 1.54) is 11.3 Å². The van der Waals surface area contributed by atoms with Gasteiger partial charge in [0.15, 0.2) is 5.13 Å². The van der Waals surface area contributed by atoms with Crippen LogP contribution in [0.4, 0.5) is 9.93 Å². The molecule has 1 aliphatic rings. The zero-order valence-electron chi connectivity index (χ0n) is 14.8. The zero-order chi connectivity index (χ0) is 18.8. The number of fused-ring (bicyclic) bond motifs is 1.